The van der Waals surface area contributed by atoms with Gasteiger partial charge in [-0.3, -0.25) is 9.59 Å². The van der Waals surface area contributed by atoms with Gasteiger partial charge in [0.15, 0.2) is 6.29 Å². The van der Waals surface area contributed by atoms with E-state index in [4.69, 9.17) is 0 Å². The van der Waals surface area contributed by atoms with Crippen LogP contribution in [0.3, 0.4) is 0 Å². The van der Waals surface area contributed by atoms with Crippen LogP contribution in [-0.2, 0) is 9.59 Å². The number of Topliss-reactive ketones (excluding diaryl/α,β-unsaturated/α-hetero) is 1. The lowest BCUT2D eigenvalue weighted by atomic mass is 10.0. The van der Waals surface area contributed by atoms with Crippen molar-refractivity contribution in [3.8, 4) is 0 Å². The van der Waals surface area contributed by atoms with Gasteiger partial charge in [0, 0.05) is 0 Å². The lowest BCUT2D eigenvalue weighted by Crippen LogP contribution is -2.58. The summed E-state index contributed by atoms with van der Waals surface area (Å²) in [6, 6.07) is 22.0. The Morgan fingerprint density at radius 1 is 0.618 bits per heavy atom. The van der Waals surface area contributed by atoms with E-state index >= 15 is 0 Å². The molecule has 3 rings (SSSR count). The quantitative estimate of drug-likeness (QED) is 0.203. The lowest BCUT2D eigenvalue weighted by Gasteiger charge is -2.33. The molecule has 2 nitrogen and oxygen atoms in total. The Kier molecular flexibility index (Phi) is 6.90. The van der Waals surface area contributed by atoms with Crippen molar-refractivity contribution in [3.05, 3.63) is 91.0 Å². The molecule has 0 N–H and O–H groups in total. The highest BCUT2D eigenvalue weighted by molar-refractivity contribution is 7.97. The standard InChI is InChI=1S/C24H16F7O2P/c25-22(26,23(27,28)24(29,30)31)21(33)20(16-32)34(17-10-4-1-5-11-17,18-12-6-2-7-13-18)19-14-8-3-9-15-19/h1-16H. The number of ketones is 1. The second-order valence-electron chi connectivity index (χ2n) is 7.16. The van der Waals surface area contributed by atoms with E-state index in [1.54, 1.807) is 18.2 Å². The number of hydrogen-bond donors (Lipinski definition) is 0. The highest BCUT2D eigenvalue weighted by atomic mass is 31.2. The fourth-order valence-corrected chi connectivity index (χ4v) is 7.78. The van der Waals surface area contributed by atoms with Crippen molar-refractivity contribution in [3.63, 3.8) is 0 Å². The molecular weight excluding hydrogens is 484 g/mol. The van der Waals surface area contributed by atoms with E-state index in [-0.39, 0.29) is 22.2 Å². The maximum absolute atomic E-state index is 14.6. The molecule has 0 aliphatic heterocycles. The number of rotatable bonds is 7. The van der Waals surface area contributed by atoms with Gasteiger partial charge in [0.25, 0.3) is 0 Å². The lowest BCUT2D eigenvalue weighted by molar-refractivity contribution is -0.342. The van der Waals surface area contributed by atoms with E-state index in [9.17, 15) is 40.3 Å². The first-order valence-corrected chi connectivity index (χ1v) is 11.5. The fourth-order valence-electron chi connectivity index (χ4n) is 3.59. The molecule has 0 aliphatic carbocycles. The molecule has 3 aromatic rings. The zero-order valence-electron chi connectivity index (χ0n) is 17.1. The zero-order chi connectivity index (χ0) is 25.2. The van der Waals surface area contributed by atoms with Gasteiger partial charge in [-0.1, -0.05) is 91.0 Å². The Balaban J connectivity index is 2.57. The molecule has 0 saturated heterocycles. The number of carbonyl (C=O) groups excluding carboxylic acids is 2. The molecule has 0 radical (unpaired) electrons. The monoisotopic (exact) mass is 500 g/mol. The molecule has 0 atom stereocenters. The van der Waals surface area contributed by atoms with Gasteiger partial charge in [-0.25, -0.2) is 0 Å². The Morgan fingerprint density at radius 3 is 1.21 bits per heavy atom. The van der Waals surface area contributed by atoms with Crippen LogP contribution in [0.1, 0.15) is 0 Å². The summed E-state index contributed by atoms with van der Waals surface area (Å²) in [6.45, 7) is -3.92. The van der Waals surface area contributed by atoms with Gasteiger partial charge < -0.3 is 0 Å². The second-order valence-corrected chi connectivity index (χ2v) is 10.5. The summed E-state index contributed by atoms with van der Waals surface area (Å²) in [7, 11) is 0. The number of aldehydes is 1. The van der Waals surface area contributed by atoms with Crippen LogP contribution in [0.15, 0.2) is 91.0 Å². The molecule has 10 heteroatoms. The number of halogens is 7. The van der Waals surface area contributed by atoms with Gasteiger partial charge in [0.1, 0.15) is 0 Å². The molecule has 0 unspecified atom stereocenters. The van der Waals surface area contributed by atoms with E-state index < -0.39 is 36.0 Å². The van der Waals surface area contributed by atoms with Gasteiger partial charge in [0.2, 0.25) is 5.78 Å². The van der Waals surface area contributed by atoms with Gasteiger partial charge in [-0.05, 0) is 22.8 Å². The third-order valence-corrected chi connectivity index (χ3v) is 9.42. The van der Waals surface area contributed by atoms with Crippen LogP contribution in [-0.4, -0.2) is 35.4 Å². The number of carbonyl (C=O) groups is 2. The van der Waals surface area contributed by atoms with Crippen molar-refractivity contribution in [1.82, 2.24) is 0 Å². The molecule has 0 bridgehead atoms. The van der Waals surface area contributed by atoms with Crippen molar-refractivity contribution < 1.29 is 40.3 Å². The van der Waals surface area contributed by atoms with Crippen LogP contribution in [0.4, 0.5) is 30.7 Å². The normalized spacial score (nSPS) is 12.8. The first-order chi connectivity index (χ1) is 15.9. The van der Waals surface area contributed by atoms with Crippen LogP contribution < -0.4 is 15.9 Å². The molecule has 178 valence electrons. The van der Waals surface area contributed by atoms with E-state index in [1.165, 1.54) is 72.8 Å². The van der Waals surface area contributed by atoms with Gasteiger partial charge >= 0.3 is 18.0 Å². The summed E-state index contributed by atoms with van der Waals surface area (Å²) in [5.74, 6) is -15.8. The molecule has 0 amide bonds. The largest absolute Gasteiger partial charge is 0.460 e. The summed E-state index contributed by atoms with van der Waals surface area (Å²) in [4.78, 5) is 25.1. The third-order valence-electron chi connectivity index (χ3n) is 5.17. The van der Waals surface area contributed by atoms with Crippen LogP contribution in [0, 0.1) is 0 Å². The van der Waals surface area contributed by atoms with Crippen molar-refractivity contribution in [2.75, 3.05) is 0 Å². The van der Waals surface area contributed by atoms with E-state index in [2.05, 4.69) is 0 Å². The second kappa shape index (κ2) is 9.22. The van der Waals surface area contributed by atoms with Crippen molar-refractivity contribution in [1.29, 1.82) is 0 Å². The average Bonchev–Trinajstić information content (AvgIpc) is 2.83. The summed E-state index contributed by atoms with van der Waals surface area (Å²) in [6.07, 6.45) is -7.06. The first kappa shape index (κ1) is 25.4. The molecule has 0 fully saturated rings. The minimum absolute atomic E-state index is 0.147. The number of hydrogen-bond acceptors (Lipinski definition) is 2. The average molecular weight is 500 g/mol. The van der Waals surface area contributed by atoms with E-state index in [1.807, 2.05) is 0 Å². The summed E-state index contributed by atoms with van der Waals surface area (Å²) in [5, 5.41) is -0.915. The minimum Gasteiger partial charge on any atom is -0.298 e. The summed E-state index contributed by atoms with van der Waals surface area (Å²) >= 11 is 0. The SMILES string of the molecule is O=CC(C(=O)C(F)(F)C(F)(F)C(F)(F)F)=P(c1ccccc1)(c1ccccc1)c1ccccc1. The van der Waals surface area contributed by atoms with Crippen LogP contribution in [0.5, 0.6) is 0 Å². The first-order valence-electron chi connectivity index (χ1n) is 9.68. The third kappa shape index (κ3) is 3.98. The van der Waals surface area contributed by atoms with Crippen LogP contribution in [0.2, 0.25) is 0 Å². The minimum atomic E-state index is -6.73. The number of alkyl halides is 7. The smallest absolute Gasteiger partial charge is 0.298 e. The molecule has 0 aromatic heterocycles. The fraction of sp³-hybridized carbons (Fsp3) is 0.125. The van der Waals surface area contributed by atoms with Gasteiger partial charge in [0.05, 0.1) is 5.29 Å². The zero-order valence-corrected chi connectivity index (χ0v) is 18.0. The number of benzene rings is 3. The molecule has 34 heavy (non-hydrogen) atoms. The Morgan fingerprint density at radius 2 is 0.941 bits per heavy atom. The van der Waals surface area contributed by atoms with Crippen LogP contribution >= 0.6 is 6.89 Å². The Hall–Kier alpha value is -3.19. The predicted octanol–water partition coefficient (Wildman–Crippen LogP) is 4.75. The van der Waals surface area contributed by atoms with Gasteiger partial charge in [-0.15, -0.1) is 0 Å². The molecule has 0 aliphatic rings. The molecule has 0 saturated carbocycles. The maximum Gasteiger partial charge on any atom is 0.460 e. The maximum atomic E-state index is 14.6. The highest BCUT2D eigenvalue weighted by Crippen LogP contribution is 2.51. The highest BCUT2D eigenvalue weighted by Gasteiger charge is 2.76. The Labute approximate surface area is 190 Å². The summed E-state index contributed by atoms with van der Waals surface area (Å²) < 4.78 is 95.5. The van der Waals surface area contributed by atoms with Crippen molar-refractivity contribution in [2.45, 2.75) is 18.0 Å². The molecule has 0 spiro atoms. The Bertz CT molecular complexity index is 1120. The van der Waals surface area contributed by atoms with Crippen molar-refractivity contribution >= 4 is 40.2 Å². The molecule has 3 aromatic carbocycles. The molecular formula is C24H16F7O2P. The predicted molar refractivity (Wildman–Crippen MR) is 117 cm³/mol. The van der Waals surface area contributed by atoms with E-state index in [0.717, 1.165) is 0 Å². The topological polar surface area (TPSA) is 34.1 Å². The van der Waals surface area contributed by atoms with E-state index in [0.29, 0.717) is 0 Å². The van der Waals surface area contributed by atoms with Crippen molar-refractivity contribution in [2.24, 2.45) is 0 Å². The summed E-state index contributed by atoms with van der Waals surface area (Å²) in [5.41, 5.74) is 0. The van der Waals surface area contributed by atoms with Gasteiger partial charge in [-0.2, -0.15) is 30.7 Å². The molecule has 0 heterocycles. The van der Waals surface area contributed by atoms with Crippen LogP contribution in [0.25, 0.3) is 0 Å².